The van der Waals surface area contributed by atoms with E-state index in [0.29, 0.717) is 11.5 Å². The lowest BCUT2D eigenvalue weighted by Gasteiger charge is -2.13. The Kier molecular flexibility index (Phi) is 5.17. The van der Waals surface area contributed by atoms with E-state index in [1.807, 2.05) is 26.0 Å². The average Bonchev–Trinajstić information content (AvgIpc) is 2.29. The van der Waals surface area contributed by atoms with E-state index in [0.717, 1.165) is 5.56 Å². The minimum atomic E-state index is -0.210. The maximum Gasteiger partial charge on any atom is 0.236 e. The fourth-order valence-corrected chi connectivity index (χ4v) is 1.31. The Hall–Kier alpha value is -2.04. The summed E-state index contributed by atoms with van der Waals surface area (Å²) in [5.74, 6) is 1.11. The maximum absolute atomic E-state index is 10.7. The fraction of sp³-hybridized carbons (Fsp3) is 0.385. The number of hydrazone groups is 1. The summed E-state index contributed by atoms with van der Waals surface area (Å²) < 4.78 is 10.8. The Morgan fingerprint density at radius 1 is 1.39 bits per heavy atom. The number of carbonyl (C=O) groups excluding carboxylic acids is 1. The van der Waals surface area contributed by atoms with Gasteiger partial charge in [-0.05, 0) is 37.6 Å². The highest BCUT2D eigenvalue weighted by Gasteiger charge is 2.06. The number of nitrogens with zero attached hydrogens (tertiary/aromatic N) is 1. The van der Waals surface area contributed by atoms with Gasteiger partial charge in [0.05, 0.1) is 19.4 Å². The molecule has 0 heterocycles. The highest BCUT2D eigenvalue weighted by Crippen LogP contribution is 2.28. The van der Waals surface area contributed by atoms with E-state index in [1.165, 1.54) is 6.92 Å². The van der Waals surface area contributed by atoms with E-state index >= 15 is 0 Å². The minimum Gasteiger partial charge on any atom is -0.493 e. The molecule has 0 aliphatic rings. The second kappa shape index (κ2) is 6.64. The summed E-state index contributed by atoms with van der Waals surface area (Å²) in [4.78, 5) is 10.7. The van der Waals surface area contributed by atoms with Crippen molar-refractivity contribution in [1.29, 1.82) is 0 Å². The second-order valence-electron chi connectivity index (χ2n) is 4.00. The molecule has 0 fully saturated rings. The third-order valence-electron chi connectivity index (χ3n) is 1.99. The quantitative estimate of drug-likeness (QED) is 0.642. The fourth-order valence-electron chi connectivity index (χ4n) is 1.31. The van der Waals surface area contributed by atoms with Crippen molar-refractivity contribution in [1.82, 2.24) is 5.43 Å². The van der Waals surface area contributed by atoms with Gasteiger partial charge in [0.15, 0.2) is 11.5 Å². The molecule has 18 heavy (non-hydrogen) atoms. The first kappa shape index (κ1) is 14.0. The summed E-state index contributed by atoms with van der Waals surface area (Å²) in [5.41, 5.74) is 3.15. The zero-order valence-corrected chi connectivity index (χ0v) is 11.1. The van der Waals surface area contributed by atoms with Crippen molar-refractivity contribution in [3.8, 4) is 11.5 Å². The van der Waals surface area contributed by atoms with Crippen molar-refractivity contribution >= 4 is 12.1 Å². The van der Waals surface area contributed by atoms with E-state index in [-0.39, 0.29) is 12.0 Å². The van der Waals surface area contributed by atoms with Gasteiger partial charge in [0.25, 0.3) is 0 Å². The van der Waals surface area contributed by atoms with Gasteiger partial charge in [0, 0.05) is 6.92 Å². The van der Waals surface area contributed by atoms with Gasteiger partial charge < -0.3 is 9.47 Å². The molecule has 1 amide bonds. The Balaban J connectivity index is 2.84. The predicted molar refractivity (Wildman–Crippen MR) is 70.2 cm³/mol. The molecule has 5 nitrogen and oxygen atoms in total. The molecule has 0 spiro atoms. The van der Waals surface area contributed by atoms with Crippen molar-refractivity contribution in [3.05, 3.63) is 23.8 Å². The monoisotopic (exact) mass is 250 g/mol. The van der Waals surface area contributed by atoms with Gasteiger partial charge in [-0.1, -0.05) is 0 Å². The normalized spacial score (nSPS) is 10.7. The van der Waals surface area contributed by atoms with Gasteiger partial charge in [-0.25, -0.2) is 5.43 Å². The Morgan fingerprint density at radius 3 is 2.67 bits per heavy atom. The van der Waals surface area contributed by atoms with Crippen LogP contribution in [-0.4, -0.2) is 25.3 Å². The minimum absolute atomic E-state index is 0.0813. The second-order valence-corrected chi connectivity index (χ2v) is 4.00. The largest absolute Gasteiger partial charge is 0.493 e. The van der Waals surface area contributed by atoms with E-state index < -0.39 is 0 Å². The number of rotatable bonds is 5. The van der Waals surface area contributed by atoms with Crippen molar-refractivity contribution in [3.63, 3.8) is 0 Å². The van der Waals surface area contributed by atoms with Gasteiger partial charge in [0.2, 0.25) is 5.91 Å². The van der Waals surface area contributed by atoms with Crippen LogP contribution in [0, 0.1) is 0 Å². The number of nitrogens with one attached hydrogen (secondary N) is 1. The lowest BCUT2D eigenvalue weighted by molar-refractivity contribution is -0.118. The summed E-state index contributed by atoms with van der Waals surface area (Å²) in [6, 6.07) is 5.45. The van der Waals surface area contributed by atoms with Crippen molar-refractivity contribution in [2.75, 3.05) is 7.11 Å². The average molecular weight is 250 g/mol. The van der Waals surface area contributed by atoms with Gasteiger partial charge in [0.1, 0.15) is 0 Å². The maximum atomic E-state index is 10.7. The molecule has 0 aromatic heterocycles. The van der Waals surface area contributed by atoms with Crippen LogP contribution in [0.5, 0.6) is 11.5 Å². The van der Waals surface area contributed by atoms with Gasteiger partial charge in [-0.3, -0.25) is 4.79 Å². The summed E-state index contributed by atoms with van der Waals surface area (Å²) in [6.07, 6.45) is 1.63. The lowest BCUT2D eigenvalue weighted by atomic mass is 10.2. The van der Waals surface area contributed by atoms with E-state index in [1.54, 1.807) is 19.4 Å². The van der Waals surface area contributed by atoms with Gasteiger partial charge in [-0.2, -0.15) is 5.10 Å². The van der Waals surface area contributed by atoms with Crippen molar-refractivity contribution in [2.24, 2.45) is 5.10 Å². The van der Waals surface area contributed by atoms with Crippen LogP contribution >= 0.6 is 0 Å². The molecule has 1 aromatic carbocycles. The van der Waals surface area contributed by atoms with Crippen LogP contribution in [0.3, 0.4) is 0 Å². The molecule has 0 unspecified atom stereocenters. The standard InChI is InChI=1S/C13H18N2O3/c1-9(2)18-12-6-5-11(7-13(12)17-4)8-14-15-10(3)16/h5-9H,1-4H3,(H,15,16)/b14-8-. The molecule has 0 radical (unpaired) electrons. The van der Waals surface area contributed by atoms with Crippen LogP contribution in [0.15, 0.2) is 23.3 Å². The SMILES string of the molecule is COc1cc(/C=N\NC(C)=O)ccc1OC(C)C. The molecule has 98 valence electrons. The first-order chi connectivity index (χ1) is 8.52. The molecule has 0 saturated carbocycles. The molecule has 0 aliphatic carbocycles. The number of amides is 1. The lowest BCUT2D eigenvalue weighted by Crippen LogP contribution is -2.12. The smallest absolute Gasteiger partial charge is 0.236 e. The van der Waals surface area contributed by atoms with Crippen molar-refractivity contribution in [2.45, 2.75) is 26.9 Å². The first-order valence-electron chi connectivity index (χ1n) is 5.67. The first-order valence-corrected chi connectivity index (χ1v) is 5.67. The molecule has 1 rings (SSSR count). The Morgan fingerprint density at radius 2 is 2.11 bits per heavy atom. The van der Waals surface area contributed by atoms with E-state index in [4.69, 9.17) is 9.47 Å². The number of carbonyl (C=O) groups is 1. The summed E-state index contributed by atoms with van der Waals surface area (Å²) in [6.45, 7) is 5.30. The highest BCUT2D eigenvalue weighted by molar-refractivity contribution is 5.82. The zero-order chi connectivity index (χ0) is 13.5. The molecule has 0 aliphatic heterocycles. The summed E-state index contributed by atoms with van der Waals surface area (Å²) in [5, 5.41) is 3.79. The number of hydrogen-bond acceptors (Lipinski definition) is 4. The zero-order valence-electron chi connectivity index (χ0n) is 11.1. The van der Waals surface area contributed by atoms with Crippen LogP contribution in [0.1, 0.15) is 26.3 Å². The number of hydrogen-bond donors (Lipinski definition) is 1. The third kappa shape index (κ3) is 4.45. The molecule has 1 N–H and O–H groups in total. The van der Waals surface area contributed by atoms with Crippen molar-refractivity contribution < 1.29 is 14.3 Å². The molecule has 0 saturated heterocycles. The molecule has 0 atom stereocenters. The van der Waals surface area contributed by atoms with Crippen LogP contribution < -0.4 is 14.9 Å². The van der Waals surface area contributed by atoms with Crippen LogP contribution in [0.25, 0.3) is 0 Å². The number of benzene rings is 1. The molecule has 0 bridgehead atoms. The topological polar surface area (TPSA) is 59.9 Å². The number of methoxy groups -OCH3 is 1. The Labute approximate surface area is 107 Å². The van der Waals surface area contributed by atoms with Gasteiger partial charge in [-0.15, -0.1) is 0 Å². The van der Waals surface area contributed by atoms with Crippen LogP contribution in [0.4, 0.5) is 0 Å². The van der Waals surface area contributed by atoms with E-state index in [2.05, 4.69) is 10.5 Å². The molecule has 5 heteroatoms. The third-order valence-corrected chi connectivity index (χ3v) is 1.99. The number of ether oxygens (including phenoxy) is 2. The molecular weight excluding hydrogens is 232 g/mol. The summed E-state index contributed by atoms with van der Waals surface area (Å²) >= 11 is 0. The van der Waals surface area contributed by atoms with Crippen LogP contribution in [-0.2, 0) is 4.79 Å². The summed E-state index contributed by atoms with van der Waals surface area (Å²) in [7, 11) is 1.58. The predicted octanol–water partition coefficient (Wildman–Crippen LogP) is 1.95. The highest BCUT2D eigenvalue weighted by atomic mass is 16.5. The Bertz CT molecular complexity index is 442. The molecular formula is C13H18N2O3. The van der Waals surface area contributed by atoms with Gasteiger partial charge >= 0.3 is 0 Å². The van der Waals surface area contributed by atoms with Crippen LogP contribution in [0.2, 0.25) is 0 Å². The molecule has 1 aromatic rings. The van der Waals surface area contributed by atoms with E-state index in [9.17, 15) is 4.79 Å².